The molecule has 0 aromatic heterocycles. The van der Waals surface area contributed by atoms with Crippen LogP contribution in [0, 0.1) is 6.92 Å². The predicted molar refractivity (Wildman–Crippen MR) is 57.6 cm³/mol. The van der Waals surface area contributed by atoms with Crippen LogP contribution in [0.1, 0.15) is 5.56 Å². The lowest BCUT2D eigenvalue weighted by molar-refractivity contribution is -0.118. The zero-order valence-corrected chi connectivity index (χ0v) is 9.31. The molecule has 0 spiro atoms. The third-order valence-electron chi connectivity index (χ3n) is 2.22. The van der Waals surface area contributed by atoms with Gasteiger partial charge in [0.25, 0.3) is 5.91 Å². The van der Waals surface area contributed by atoms with Crippen LogP contribution >= 0.6 is 0 Å². The number of hydrogen-bond acceptors (Lipinski definition) is 3. The van der Waals surface area contributed by atoms with E-state index in [1.165, 1.54) is 0 Å². The van der Waals surface area contributed by atoms with Gasteiger partial charge in [0, 0.05) is 11.2 Å². The van der Waals surface area contributed by atoms with Crippen LogP contribution < -0.4 is 10.1 Å². The van der Waals surface area contributed by atoms with Gasteiger partial charge in [-0.05, 0) is 24.6 Å². The van der Waals surface area contributed by atoms with E-state index in [4.69, 9.17) is 4.74 Å². The number of carbonyl (C=O) groups is 1. The highest BCUT2D eigenvalue weighted by atomic mass is 32.2. The maximum atomic E-state index is 11.4. The van der Waals surface area contributed by atoms with Gasteiger partial charge in [0.05, 0.1) is 16.5 Å². The molecule has 0 saturated heterocycles. The van der Waals surface area contributed by atoms with E-state index in [1.54, 1.807) is 18.4 Å². The monoisotopic (exact) mass is 225 g/mol. The molecule has 1 amide bonds. The molecule has 1 aliphatic heterocycles. The normalized spacial score (nSPS) is 16.3. The molecule has 1 aliphatic rings. The summed E-state index contributed by atoms with van der Waals surface area (Å²) in [5, 5.41) is 2.70. The van der Waals surface area contributed by atoms with Crippen molar-refractivity contribution >= 4 is 22.4 Å². The molecule has 0 bridgehead atoms. The molecule has 0 saturated carbocycles. The first-order chi connectivity index (χ1) is 7.08. The Morgan fingerprint density at radius 3 is 2.87 bits per heavy atom. The summed E-state index contributed by atoms with van der Waals surface area (Å²) in [6.07, 6.45) is 1.62. The molecule has 4 nitrogen and oxygen atoms in total. The van der Waals surface area contributed by atoms with E-state index in [1.807, 2.05) is 6.92 Å². The van der Waals surface area contributed by atoms with E-state index in [0.29, 0.717) is 11.4 Å². The van der Waals surface area contributed by atoms with Gasteiger partial charge in [-0.1, -0.05) is 0 Å². The lowest BCUT2D eigenvalue weighted by Crippen LogP contribution is -2.25. The Morgan fingerprint density at radius 1 is 1.47 bits per heavy atom. The summed E-state index contributed by atoms with van der Waals surface area (Å²) < 4.78 is 16.6. The number of carbonyl (C=O) groups excluding carboxylic acids is 1. The molecule has 1 N–H and O–H groups in total. The van der Waals surface area contributed by atoms with Gasteiger partial charge in [0.2, 0.25) is 0 Å². The van der Waals surface area contributed by atoms with Crippen molar-refractivity contribution in [1.29, 1.82) is 0 Å². The number of hydrogen-bond donors (Lipinski definition) is 1. The second-order valence-electron chi connectivity index (χ2n) is 3.40. The summed E-state index contributed by atoms with van der Waals surface area (Å²) in [4.78, 5) is 11.8. The van der Waals surface area contributed by atoms with Crippen molar-refractivity contribution < 1.29 is 13.7 Å². The molecule has 0 radical (unpaired) electrons. The quantitative estimate of drug-likeness (QED) is 0.777. The van der Waals surface area contributed by atoms with E-state index in [-0.39, 0.29) is 12.5 Å². The van der Waals surface area contributed by atoms with Gasteiger partial charge in [-0.2, -0.15) is 0 Å². The molecule has 1 aromatic rings. The van der Waals surface area contributed by atoms with E-state index in [2.05, 4.69) is 5.32 Å². The predicted octanol–water partition coefficient (Wildman–Crippen LogP) is 1.06. The molecular weight excluding hydrogens is 214 g/mol. The van der Waals surface area contributed by atoms with Crippen molar-refractivity contribution in [1.82, 2.24) is 0 Å². The maximum Gasteiger partial charge on any atom is 0.262 e. The van der Waals surface area contributed by atoms with Crippen molar-refractivity contribution in [3.63, 3.8) is 0 Å². The third kappa shape index (κ3) is 1.87. The Hall–Kier alpha value is -1.36. The Morgan fingerprint density at radius 2 is 2.20 bits per heavy atom. The smallest absolute Gasteiger partial charge is 0.262 e. The summed E-state index contributed by atoms with van der Waals surface area (Å²) >= 11 is 0. The second kappa shape index (κ2) is 3.66. The molecule has 5 heteroatoms. The average molecular weight is 225 g/mol. The lowest BCUT2D eigenvalue weighted by atomic mass is 10.2. The molecule has 2 rings (SSSR count). The van der Waals surface area contributed by atoms with E-state index >= 15 is 0 Å². The number of nitrogens with one attached hydrogen (secondary N) is 1. The fraction of sp³-hybridized carbons (Fsp3) is 0.300. The maximum absolute atomic E-state index is 11.4. The first kappa shape index (κ1) is 10.2. The van der Waals surface area contributed by atoms with Crippen molar-refractivity contribution in [3.05, 3.63) is 17.7 Å². The van der Waals surface area contributed by atoms with Crippen LogP contribution in [-0.4, -0.2) is 23.0 Å². The number of amides is 1. The summed E-state index contributed by atoms with van der Waals surface area (Å²) in [5.74, 6) is 0.428. The van der Waals surface area contributed by atoms with Gasteiger partial charge in [0.15, 0.2) is 6.61 Å². The first-order valence-electron chi connectivity index (χ1n) is 4.48. The van der Waals surface area contributed by atoms with Crippen LogP contribution in [-0.2, 0) is 15.6 Å². The molecule has 80 valence electrons. The summed E-state index contributed by atoms with van der Waals surface area (Å²) in [6.45, 7) is 1.88. The molecule has 1 aromatic carbocycles. The van der Waals surface area contributed by atoms with Gasteiger partial charge in [-0.3, -0.25) is 9.00 Å². The minimum atomic E-state index is -1.04. The molecule has 1 atom stereocenters. The SMILES string of the molecule is Cc1cc2c(cc1S(C)=O)OCC(=O)N2. The summed E-state index contributed by atoms with van der Waals surface area (Å²) in [5.41, 5.74) is 1.54. The van der Waals surface area contributed by atoms with Crippen LogP contribution in [0.15, 0.2) is 17.0 Å². The Bertz CT molecular complexity index is 456. The topological polar surface area (TPSA) is 55.4 Å². The highest BCUT2D eigenvalue weighted by molar-refractivity contribution is 7.84. The van der Waals surface area contributed by atoms with E-state index in [9.17, 15) is 9.00 Å². The van der Waals surface area contributed by atoms with Crippen molar-refractivity contribution in [2.75, 3.05) is 18.2 Å². The molecule has 0 aliphatic carbocycles. The molecule has 1 heterocycles. The van der Waals surface area contributed by atoms with Crippen LogP contribution in [0.5, 0.6) is 5.75 Å². The largest absolute Gasteiger partial charge is 0.482 e. The minimum Gasteiger partial charge on any atom is -0.482 e. The van der Waals surface area contributed by atoms with E-state index in [0.717, 1.165) is 10.5 Å². The number of aryl methyl sites for hydroxylation is 1. The fourth-order valence-electron chi connectivity index (χ4n) is 1.53. The highest BCUT2D eigenvalue weighted by Gasteiger charge is 2.18. The van der Waals surface area contributed by atoms with Crippen LogP contribution in [0.2, 0.25) is 0 Å². The van der Waals surface area contributed by atoms with Gasteiger partial charge in [0.1, 0.15) is 5.75 Å². The minimum absolute atomic E-state index is 0.0197. The molecular formula is C10H11NO3S. The van der Waals surface area contributed by atoms with Crippen LogP contribution in [0.25, 0.3) is 0 Å². The number of ether oxygens (including phenoxy) is 1. The third-order valence-corrected chi connectivity index (χ3v) is 3.28. The van der Waals surface area contributed by atoms with E-state index < -0.39 is 10.8 Å². The van der Waals surface area contributed by atoms with Gasteiger partial charge < -0.3 is 10.1 Å². The van der Waals surface area contributed by atoms with Crippen molar-refractivity contribution in [2.24, 2.45) is 0 Å². The molecule has 1 unspecified atom stereocenters. The lowest BCUT2D eigenvalue weighted by Gasteiger charge is -2.19. The average Bonchev–Trinajstić information content (AvgIpc) is 2.15. The number of anilines is 1. The van der Waals surface area contributed by atoms with Gasteiger partial charge >= 0.3 is 0 Å². The summed E-state index contributed by atoms with van der Waals surface area (Å²) in [7, 11) is -1.04. The Kier molecular flexibility index (Phi) is 2.48. The standard InChI is InChI=1S/C10H11NO3S/c1-6-3-7-8(4-9(6)15(2)13)14-5-10(12)11-7/h3-4H,5H2,1-2H3,(H,11,12). The van der Waals surface area contributed by atoms with Crippen molar-refractivity contribution in [2.45, 2.75) is 11.8 Å². The van der Waals surface area contributed by atoms with Crippen LogP contribution in [0.4, 0.5) is 5.69 Å². The molecule has 15 heavy (non-hydrogen) atoms. The number of rotatable bonds is 1. The van der Waals surface area contributed by atoms with Crippen molar-refractivity contribution in [3.8, 4) is 5.75 Å². The number of benzene rings is 1. The molecule has 0 fully saturated rings. The highest BCUT2D eigenvalue weighted by Crippen LogP contribution is 2.31. The van der Waals surface area contributed by atoms with Gasteiger partial charge in [-0.15, -0.1) is 0 Å². The fourth-order valence-corrected chi connectivity index (χ4v) is 2.31. The summed E-state index contributed by atoms with van der Waals surface area (Å²) in [6, 6.07) is 3.50. The zero-order chi connectivity index (χ0) is 11.0. The second-order valence-corrected chi connectivity index (χ2v) is 4.75. The Labute approximate surface area is 90.1 Å². The zero-order valence-electron chi connectivity index (χ0n) is 8.49. The van der Waals surface area contributed by atoms with Gasteiger partial charge in [-0.25, -0.2) is 0 Å². The van der Waals surface area contributed by atoms with Crippen LogP contribution in [0.3, 0.4) is 0 Å². The Balaban J connectivity index is 2.50. The first-order valence-corrected chi connectivity index (χ1v) is 6.04. The number of fused-ring (bicyclic) bond motifs is 1.